The summed E-state index contributed by atoms with van der Waals surface area (Å²) >= 11 is 0. The minimum Gasteiger partial charge on any atom is -0.412 e. The minimum atomic E-state index is -2.10. The molecule has 1 heterocycles. The van der Waals surface area contributed by atoms with Gasteiger partial charge in [-0.1, -0.05) is 63.9 Å². The molecular formula is C28H44N2O5Si. The van der Waals surface area contributed by atoms with Crippen molar-refractivity contribution in [1.29, 1.82) is 0 Å². The molecule has 2 fully saturated rings. The predicted octanol–water partition coefficient (Wildman–Crippen LogP) is 5.01. The minimum absolute atomic E-state index is 0.0532. The molecule has 1 N–H and O–H groups in total. The van der Waals surface area contributed by atoms with Crippen LogP contribution in [0, 0.1) is 11.8 Å². The van der Waals surface area contributed by atoms with Crippen LogP contribution in [0.15, 0.2) is 30.3 Å². The second-order valence-electron chi connectivity index (χ2n) is 11.9. The third-order valence-electron chi connectivity index (χ3n) is 8.30. The molecule has 3 rings (SSSR count). The highest BCUT2D eigenvalue weighted by atomic mass is 28.4. The molecule has 8 heteroatoms. The summed E-state index contributed by atoms with van der Waals surface area (Å²) in [6, 6.07) is 10.5. The highest BCUT2D eigenvalue weighted by Crippen LogP contribution is 2.41. The van der Waals surface area contributed by atoms with Crippen molar-refractivity contribution in [3.63, 3.8) is 0 Å². The van der Waals surface area contributed by atoms with Crippen LogP contribution in [0.25, 0.3) is 0 Å². The predicted molar refractivity (Wildman–Crippen MR) is 142 cm³/mol. The van der Waals surface area contributed by atoms with E-state index >= 15 is 0 Å². The fraction of sp³-hybridized carbons (Fsp3) is 0.679. The van der Waals surface area contributed by atoms with E-state index < -0.39 is 26.1 Å². The number of rotatable bonds is 10. The zero-order valence-electron chi connectivity index (χ0n) is 22.8. The molecule has 0 radical (unpaired) electrons. The van der Waals surface area contributed by atoms with E-state index in [2.05, 4.69) is 63.4 Å². The van der Waals surface area contributed by atoms with E-state index in [4.69, 9.17) is 9.26 Å². The van der Waals surface area contributed by atoms with Gasteiger partial charge in [0.2, 0.25) is 0 Å². The maximum absolute atomic E-state index is 13.2. The third kappa shape index (κ3) is 7.04. The van der Waals surface area contributed by atoms with Crippen LogP contribution in [0.1, 0.15) is 71.3 Å². The second kappa shape index (κ2) is 12.0. The van der Waals surface area contributed by atoms with Crippen molar-refractivity contribution in [2.75, 3.05) is 7.05 Å². The summed E-state index contributed by atoms with van der Waals surface area (Å²) in [5.41, 5.74) is 1.24. The molecule has 36 heavy (non-hydrogen) atoms. The number of carbonyl (C=O) groups is 3. The molecule has 2 aliphatic rings. The van der Waals surface area contributed by atoms with Crippen LogP contribution in [0.5, 0.6) is 0 Å². The van der Waals surface area contributed by atoms with Crippen molar-refractivity contribution >= 4 is 26.1 Å². The molecular weight excluding hydrogens is 472 g/mol. The first-order chi connectivity index (χ1) is 16.9. The van der Waals surface area contributed by atoms with E-state index in [0.717, 1.165) is 32.1 Å². The van der Waals surface area contributed by atoms with Crippen molar-refractivity contribution < 1.29 is 23.6 Å². The van der Waals surface area contributed by atoms with E-state index in [9.17, 15) is 14.4 Å². The van der Waals surface area contributed by atoms with Gasteiger partial charge in [-0.3, -0.25) is 9.59 Å². The Hall–Kier alpha value is -2.03. The number of benzene rings is 1. The number of likely N-dealkylation sites (N-methyl/N-ethyl adjacent to an activating group) is 1. The van der Waals surface area contributed by atoms with Crippen molar-refractivity contribution in [2.45, 2.75) is 102 Å². The molecule has 7 nitrogen and oxygen atoms in total. The smallest absolute Gasteiger partial charge is 0.336 e. The average Bonchev–Trinajstić information content (AvgIpc) is 3.14. The summed E-state index contributed by atoms with van der Waals surface area (Å²) in [7, 11) is -0.120. The van der Waals surface area contributed by atoms with Crippen LogP contribution in [-0.4, -0.2) is 50.4 Å². The molecule has 0 aromatic heterocycles. The Morgan fingerprint density at radius 1 is 1.08 bits per heavy atom. The van der Waals surface area contributed by atoms with Gasteiger partial charge >= 0.3 is 5.97 Å². The maximum atomic E-state index is 13.2. The molecule has 1 aromatic carbocycles. The van der Waals surface area contributed by atoms with Crippen molar-refractivity contribution in [2.24, 2.45) is 11.8 Å². The first-order valence-corrected chi connectivity index (χ1v) is 16.3. The molecule has 4 atom stereocenters. The number of hydroxylamine groups is 2. The Labute approximate surface area is 217 Å². The SMILES string of the molecule is CNC(Cc1ccccc1)[C@@H](CC1CCCC[C@@H]1C(=O)ON1C(=O)CCC1=O)O[Si](C)(C)C(C)(C)C. The van der Waals surface area contributed by atoms with Gasteiger partial charge in [0.05, 0.1) is 12.0 Å². The third-order valence-corrected chi connectivity index (χ3v) is 12.8. The summed E-state index contributed by atoms with van der Waals surface area (Å²) in [5, 5.41) is 4.25. The number of imide groups is 1. The Kier molecular flexibility index (Phi) is 9.52. The largest absolute Gasteiger partial charge is 0.412 e. The number of nitrogens with one attached hydrogen (secondary N) is 1. The summed E-state index contributed by atoms with van der Waals surface area (Å²) in [5.74, 6) is -1.60. The monoisotopic (exact) mass is 516 g/mol. The van der Waals surface area contributed by atoms with E-state index in [-0.39, 0.29) is 41.9 Å². The van der Waals surface area contributed by atoms with Crippen molar-refractivity contribution in [3.05, 3.63) is 35.9 Å². The molecule has 2 unspecified atom stereocenters. The normalized spacial score (nSPS) is 23.0. The van der Waals surface area contributed by atoms with Gasteiger partial charge in [-0.2, -0.15) is 0 Å². The van der Waals surface area contributed by atoms with E-state index in [1.807, 2.05) is 13.1 Å². The van der Waals surface area contributed by atoms with Crippen molar-refractivity contribution in [3.8, 4) is 0 Å². The van der Waals surface area contributed by atoms with Crippen LogP contribution in [0.3, 0.4) is 0 Å². The maximum Gasteiger partial charge on any atom is 0.336 e. The van der Waals surface area contributed by atoms with E-state index in [1.54, 1.807) is 0 Å². The molecule has 0 bridgehead atoms. The molecule has 1 aromatic rings. The summed E-state index contributed by atoms with van der Waals surface area (Å²) in [6.07, 6.45) is 5.28. The van der Waals surface area contributed by atoms with E-state index in [1.165, 1.54) is 5.56 Å². The van der Waals surface area contributed by atoms with E-state index in [0.29, 0.717) is 11.5 Å². The van der Waals surface area contributed by atoms with Gasteiger partial charge in [-0.05, 0) is 62.3 Å². The van der Waals surface area contributed by atoms with Gasteiger partial charge in [0, 0.05) is 18.9 Å². The Morgan fingerprint density at radius 2 is 1.69 bits per heavy atom. The van der Waals surface area contributed by atoms with Gasteiger partial charge in [-0.15, -0.1) is 5.06 Å². The van der Waals surface area contributed by atoms with Crippen LogP contribution in [0.4, 0.5) is 0 Å². The molecule has 1 aliphatic heterocycles. The number of hydrogen-bond donors (Lipinski definition) is 1. The molecule has 1 saturated heterocycles. The zero-order valence-corrected chi connectivity index (χ0v) is 23.8. The highest BCUT2D eigenvalue weighted by Gasteiger charge is 2.44. The lowest BCUT2D eigenvalue weighted by Gasteiger charge is -2.43. The van der Waals surface area contributed by atoms with Gasteiger partial charge < -0.3 is 14.6 Å². The Bertz CT molecular complexity index is 898. The zero-order chi connectivity index (χ0) is 26.5. The number of nitrogens with zero attached hydrogens (tertiary/aromatic N) is 1. The molecule has 1 saturated carbocycles. The summed E-state index contributed by atoms with van der Waals surface area (Å²) in [6.45, 7) is 11.3. The second-order valence-corrected chi connectivity index (χ2v) is 16.6. The lowest BCUT2D eigenvalue weighted by atomic mass is 9.75. The lowest BCUT2D eigenvalue weighted by Crippen LogP contribution is -2.52. The van der Waals surface area contributed by atoms with Gasteiger partial charge in [0.25, 0.3) is 11.8 Å². The van der Waals surface area contributed by atoms with Crippen LogP contribution < -0.4 is 5.32 Å². The van der Waals surface area contributed by atoms with Gasteiger partial charge in [-0.25, -0.2) is 4.79 Å². The summed E-state index contributed by atoms with van der Waals surface area (Å²) in [4.78, 5) is 42.6. The standard InChI is InChI=1S/C28H44N2O5Si/c1-28(2,3)36(5,6)35-24(23(29-4)18-20-12-8-7-9-13-20)19-21-14-10-11-15-22(21)27(33)34-30-25(31)16-17-26(30)32/h7-9,12-13,21-24,29H,10-11,14-19H2,1-6H3/t21?,22-,23?,24+/m0/s1. The number of amides is 2. The first-order valence-electron chi connectivity index (χ1n) is 13.4. The Balaban J connectivity index is 1.82. The number of carbonyl (C=O) groups excluding carboxylic acids is 3. The quantitative estimate of drug-likeness (QED) is 0.348. The first kappa shape index (κ1) is 28.5. The fourth-order valence-corrected chi connectivity index (χ4v) is 6.42. The van der Waals surface area contributed by atoms with Crippen LogP contribution in [0.2, 0.25) is 18.1 Å². The summed E-state index contributed by atoms with van der Waals surface area (Å²) < 4.78 is 7.03. The topological polar surface area (TPSA) is 84.9 Å². The average molecular weight is 517 g/mol. The fourth-order valence-electron chi connectivity index (χ4n) is 5.05. The molecule has 0 spiro atoms. The Morgan fingerprint density at radius 3 is 2.28 bits per heavy atom. The molecule has 2 amide bonds. The lowest BCUT2D eigenvalue weighted by molar-refractivity contribution is -0.202. The van der Waals surface area contributed by atoms with Gasteiger partial charge in [0.1, 0.15) is 0 Å². The van der Waals surface area contributed by atoms with Crippen LogP contribution in [-0.2, 0) is 30.1 Å². The molecule has 200 valence electrons. The van der Waals surface area contributed by atoms with Crippen LogP contribution >= 0.6 is 0 Å². The van der Waals surface area contributed by atoms with Crippen molar-refractivity contribution in [1.82, 2.24) is 10.4 Å². The highest BCUT2D eigenvalue weighted by molar-refractivity contribution is 6.74. The van der Waals surface area contributed by atoms with Gasteiger partial charge in [0.15, 0.2) is 8.32 Å². The molecule has 1 aliphatic carbocycles. The number of hydrogen-bond acceptors (Lipinski definition) is 6.